The molecular formula is C24H37N3O. The van der Waals surface area contributed by atoms with E-state index in [9.17, 15) is 5.26 Å². The fourth-order valence-electron chi connectivity index (χ4n) is 4.43. The van der Waals surface area contributed by atoms with Crippen LogP contribution in [-0.2, 0) is 4.74 Å². The SMILES string of the molecule is CC1=C\OC2CN(C)CCC(C#N)C(C)N(CC3CC3)CC2/C(C)=C(C)/C=C\1. The number of nitriles is 1. The van der Waals surface area contributed by atoms with Crippen LogP contribution in [0, 0.1) is 29.1 Å². The number of allylic oxidation sites excluding steroid dienone is 4. The van der Waals surface area contributed by atoms with Crippen LogP contribution in [-0.4, -0.2) is 55.2 Å². The van der Waals surface area contributed by atoms with Crippen molar-refractivity contribution in [1.82, 2.24) is 9.80 Å². The number of rotatable bonds is 2. The predicted octanol–water partition coefficient (Wildman–Crippen LogP) is 4.37. The highest BCUT2D eigenvalue weighted by molar-refractivity contribution is 5.31. The first kappa shape index (κ1) is 21.1. The minimum atomic E-state index is 0.0856. The van der Waals surface area contributed by atoms with Gasteiger partial charge in [0.2, 0.25) is 0 Å². The van der Waals surface area contributed by atoms with Crippen molar-refractivity contribution < 1.29 is 4.74 Å². The predicted molar refractivity (Wildman–Crippen MR) is 115 cm³/mol. The Morgan fingerprint density at radius 2 is 1.89 bits per heavy atom. The number of hydrogen-bond donors (Lipinski definition) is 0. The highest BCUT2D eigenvalue weighted by Gasteiger charge is 2.36. The summed E-state index contributed by atoms with van der Waals surface area (Å²) in [5.41, 5.74) is 3.91. The van der Waals surface area contributed by atoms with Gasteiger partial charge in [0.15, 0.2) is 0 Å². The average Bonchev–Trinajstić information content (AvgIpc) is 3.49. The topological polar surface area (TPSA) is 39.5 Å². The highest BCUT2D eigenvalue weighted by Crippen LogP contribution is 2.34. The van der Waals surface area contributed by atoms with E-state index in [1.807, 2.05) is 6.26 Å². The number of ether oxygens (including phenoxy) is 1. The van der Waals surface area contributed by atoms with E-state index in [2.05, 4.69) is 62.8 Å². The normalized spacial score (nSPS) is 39.2. The molecule has 0 amide bonds. The Morgan fingerprint density at radius 1 is 1.14 bits per heavy atom. The van der Waals surface area contributed by atoms with Crippen molar-refractivity contribution in [2.45, 2.75) is 59.1 Å². The monoisotopic (exact) mass is 383 g/mol. The van der Waals surface area contributed by atoms with Gasteiger partial charge in [-0.2, -0.15) is 5.26 Å². The molecule has 1 aliphatic carbocycles. The van der Waals surface area contributed by atoms with E-state index < -0.39 is 0 Å². The van der Waals surface area contributed by atoms with Gasteiger partial charge in [0, 0.05) is 31.6 Å². The van der Waals surface area contributed by atoms with Crippen molar-refractivity contribution in [3.63, 3.8) is 0 Å². The van der Waals surface area contributed by atoms with Crippen LogP contribution in [0.25, 0.3) is 0 Å². The van der Waals surface area contributed by atoms with E-state index in [1.165, 1.54) is 24.0 Å². The smallest absolute Gasteiger partial charge is 0.118 e. The minimum absolute atomic E-state index is 0.0856. The molecule has 1 saturated heterocycles. The van der Waals surface area contributed by atoms with Crippen LogP contribution in [0.1, 0.15) is 47.0 Å². The van der Waals surface area contributed by atoms with E-state index in [1.54, 1.807) is 0 Å². The Bertz CT molecular complexity index is 682. The van der Waals surface area contributed by atoms with E-state index >= 15 is 0 Å². The molecule has 3 aliphatic rings. The second-order valence-corrected chi connectivity index (χ2v) is 9.27. The summed E-state index contributed by atoms with van der Waals surface area (Å²) in [6.07, 6.45) is 10.0. The van der Waals surface area contributed by atoms with E-state index in [0.29, 0.717) is 5.92 Å². The second kappa shape index (κ2) is 9.29. The van der Waals surface area contributed by atoms with Crippen molar-refractivity contribution in [1.29, 1.82) is 5.26 Å². The van der Waals surface area contributed by atoms with Gasteiger partial charge in [0.25, 0.3) is 0 Å². The molecule has 28 heavy (non-hydrogen) atoms. The lowest BCUT2D eigenvalue weighted by Gasteiger charge is -2.40. The zero-order valence-corrected chi connectivity index (χ0v) is 18.3. The number of fused-ring (bicyclic) bond motifs is 1. The molecule has 2 aliphatic heterocycles. The zero-order valence-electron chi connectivity index (χ0n) is 18.3. The lowest BCUT2D eigenvalue weighted by molar-refractivity contribution is 0.0287. The maximum atomic E-state index is 9.82. The van der Waals surface area contributed by atoms with E-state index in [0.717, 1.165) is 44.1 Å². The van der Waals surface area contributed by atoms with Crippen molar-refractivity contribution in [3.8, 4) is 6.07 Å². The maximum absolute atomic E-state index is 9.82. The Balaban J connectivity index is 1.96. The summed E-state index contributed by atoms with van der Waals surface area (Å²) in [5, 5.41) is 9.82. The largest absolute Gasteiger partial charge is 0.496 e. The third-order valence-corrected chi connectivity index (χ3v) is 6.91. The molecule has 0 aromatic rings. The lowest BCUT2D eigenvalue weighted by Crippen LogP contribution is -2.49. The summed E-state index contributed by atoms with van der Waals surface area (Å²) in [6, 6.07) is 2.90. The summed E-state index contributed by atoms with van der Waals surface area (Å²) in [7, 11) is 2.16. The second-order valence-electron chi connectivity index (χ2n) is 9.27. The van der Waals surface area contributed by atoms with Crippen LogP contribution >= 0.6 is 0 Å². The summed E-state index contributed by atoms with van der Waals surface area (Å²) < 4.78 is 6.38. The first-order valence-electron chi connectivity index (χ1n) is 10.9. The van der Waals surface area contributed by atoms with Gasteiger partial charge in [0.05, 0.1) is 18.2 Å². The average molecular weight is 384 g/mol. The molecular weight excluding hydrogens is 346 g/mol. The van der Waals surface area contributed by atoms with Crippen molar-refractivity contribution in [2.24, 2.45) is 17.8 Å². The van der Waals surface area contributed by atoms with Gasteiger partial charge < -0.3 is 9.64 Å². The molecule has 4 unspecified atom stereocenters. The fourth-order valence-corrected chi connectivity index (χ4v) is 4.43. The van der Waals surface area contributed by atoms with Gasteiger partial charge >= 0.3 is 0 Å². The molecule has 0 aromatic carbocycles. The molecule has 4 atom stereocenters. The molecule has 0 aromatic heterocycles. The molecule has 0 N–H and O–H groups in total. The maximum Gasteiger partial charge on any atom is 0.118 e. The molecule has 1 saturated carbocycles. The summed E-state index contributed by atoms with van der Waals surface area (Å²) >= 11 is 0. The summed E-state index contributed by atoms with van der Waals surface area (Å²) in [5.74, 6) is 1.23. The van der Waals surface area contributed by atoms with Crippen LogP contribution in [0.5, 0.6) is 0 Å². The van der Waals surface area contributed by atoms with Gasteiger partial charge in [-0.05, 0) is 72.0 Å². The van der Waals surface area contributed by atoms with Gasteiger partial charge in [-0.3, -0.25) is 4.90 Å². The van der Waals surface area contributed by atoms with Crippen LogP contribution in [0.3, 0.4) is 0 Å². The molecule has 0 bridgehead atoms. The van der Waals surface area contributed by atoms with Gasteiger partial charge in [-0.15, -0.1) is 0 Å². The van der Waals surface area contributed by atoms with E-state index in [-0.39, 0.29) is 18.1 Å². The Labute approximate surface area is 171 Å². The zero-order chi connectivity index (χ0) is 20.3. The van der Waals surface area contributed by atoms with Crippen LogP contribution in [0.2, 0.25) is 0 Å². The first-order valence-corrected chi connectivity index (χ1v) is 10.9. The third-order valence-electron chi connectivity index (χ3n) is 6.91. The molecule has 4 heteroatoms. The van der Waals surface area contributed by atoms with Crippen molar-refractivity contribution >= 4 is 0 Å². The van der Waals surface area contributed by atoms with Crippen LogP contribution < -0.4 is 0 Å². The molecule has 0 radical (unpaired) electrons. The fraction of sp³-hybridized carbons (Fsp3) is 0.708. The molecule has 3 rings (SSSR count). The first-order chi connectivity index (χ1) is 13.4. The summed E-state index contributed by atoms with van der Waals surface area (Å²) in [6.45, 7) is 12.8. The Kier molecular flexibility index (Phi) is 7.01. The van der Waals surface area contributed by atoms with E-state index in [4.69, 9.17) is 4.74 Å². The highest BCUT2D eigenvalue weighted by atomic mass is 16.5. The van der Waals surface area contributed by atoms with Crippen LogP contribution in [0.4, 0.5) is 0 Å². The van der Waals surface area contributed by atoms with Gasteiger partial charge in [-0.25, -0.2) is 0 Å². The molecule has 0 spiro atoms. The molecule has 2 heterocycles. The van der Waals surface area contributed by atoms with Gasteiger partial charge in [-0.1, -0.05) is 23.3 Å². The third kappa shape index (κ3) is 5.27. The Hall–Kier alpha value is -1.57. The van der Waals surface area contributed by atoms with Crippen molar-refractivity contribution in [3.05, 3.63) is 35.1 Å². The van der Waals surface area contributed by atoms with Crippen molar-refractivity contribution in [2.75, 3.05) is 33.2 Å². The Morgan fingerprint density at radius 3 is 2.57 bits per heavy atom. The number of likely N-dealkylation sites (N-methyl/N-ethyl adjacent to an activating group) is 1. The van der Waals surface area contributed by atoms with Crippen LogP contribution in [0.15, 0.2) is 35.1 Å². The standard InChI is InChI=1S/C24H37N3O/c1-17-6-7-18(2)19(3)23-14-27(13-21-8-9-21)20(4)22(12-25)10-11-26(5)15-24(23)28-16-17/h6-7,16,20-24H,8-11,13-15H2,1-5H3/b7-6-,17-16+,19-18+. The minimum Gasteiger partial charge on any atom is -0.496 e. The molecule has 2 fully saturated rings. The molecule has 154 valence electrons. The quantitative estimate of drug-likeness (QED) is 0.710. The summed E-state index contributed by atoms with van der Waals surface area (Å²) in [4.78, 5) is 4.95. The lowest BCUT2D eigenvalue weighted by atomic mass is 9.87. The number of hydrogen-bond acceptors (Lipinski definition) is 4. The number of nitrogens with zero attached hydrogens (tertiary/aromatic N) is 3. The van der Waals surface area contributed by atoms with Gasteiger partial charge in [0.1, 0.15) is 6.10 Å². The molecule has 4 nitrogen and oxygen atoms in total.